The number of carbonyl (C=O) groups is 1. The van der Waals surface area contributed by atoms with E-state index in [1.165, 1.54) is 16.6 Å². The fourth-order valence-corrected chi connectivity index (χ4v) is 3.79. The second-order valence-corrected chi connectivity index (χ2v) is 7.43. The van der Waals surface area contributed by atoms with Crippen LogP contribution < -0.4 is 5.32 Å². The molecule has 0 aliphatic carbocycles. The summed E-state index contributed by atoms with van der Waals surface area (Å²) in [5.41, 5.74) is 0. The van der Waals surface area contributed by atoms with Gasteiger partial charge < -0.3 is 5.32 Å². The van der Waals surface area contributed by atoms with Crippen LogP contribution in [0, 0.1) is 12.8 Å². The average Bonchev–Trinajstić information content (AvgIpc) is 2.85. The summed E-state index contributed by atoms with van der Waals surface area (Å²) in [7, 11) is 0. The molecule has 0 atom stereocenters. The molecule has 0 aromatic carbocycles. The normalized spacial score (nSPS) is 11.3. The van der Waals surface area contributed by atoms with Gasteiger partial charge in [-0.2, -0.15) is 0 Å². The smallest absolute Gasteiger partial charge is 0.230 e. The lowest BCUT2D eigenvalue weighted by Gasteiger charge is -2.07. The van der Waals surface area contributed by atoms with Crippen molar-refractivity contribution in [2.45, 2.75) is 39.1 Å². The number of aromatic nitrogens is 2. The second kappa shape index (κ2) is 7.22. The molecule has 0 saturated carbocycles. The van der Waals surface area contributed by atoms with Crippen molar-refractivity contribution in [1.29, 1.82) is 0 Å². The number of thioether (sulfide) groups is 1. The number of hydrogen-bond donors (Lipinski definition) is 1. The minimum Gasteiger partial charge on any atom is -0.355 e. The summed E-state index contributed by atoms with van der Waals surface area (Å²) in [5, 5.41) is 4.91. The topological polar surface area (TPSA) is 54.9 Å². The Morgan fingerprint density at radius 2 is 2.19 bits per heavy atom. The van der Waals surface area contributed by atoms with Crippen LogP contribution in [0.15, 0.2) is 11.1 Å². The van der Waals surface area contributed by atoms with Gasteiger partial charge in [-0.05, 0) is 25.3 Å². The van der Waals surface area contributed by atoms with E-state index < -0.39 is 0 Å². The number of nitrogens with zero attached hydrogens (tertiary/aromatic N) is 2. The van der Waals surface area contributed by atoms with Gasteiger partial charge in [-0.15, -0.1) is 11.3 Å². The number of aryl methyl sites for hydroxylation is 2. The summed E-state index contributed by atoms with van der Waals surface area (Å²) in [6, 6.07) is 2.15. The molecule has 0 fully saturated rings. The van der Waals surface area contributed by atoms with Crippen LogP contribution in [0.5, 0.6) is 0 Å². The maximum Gasteiger partial charge on any atom is 0.230 e. The maximum atomic E-state index is 11.8. The standard InChI is InChI=1S/C15H21N3OS2/c1-5-11-6-12-14(17-10(4)18-15(12)21-11)20-8-13(19)16-7-9(2)3/h6,9H,5,7-8H2,1-4H3,(H,16,19). The summed E-state index contributed by atoms with van der Waals surface area (Å²) in [4.78, 5) is 23.1. The van der Waals surface area contributed by atoms with E-state index >= 15 is 0 Å². The lowest BCUT2D eigenvalue weighted by molar-refractivity contribution is -0.118. The Morgan fingerprint density at radius 3 is 2.86 bits per heavy atom. The Morgan fingerprint density at radius 1 is 1.43 bits per heavy atom. The number of nitrogens with one attached hydrogen (secondary N) is 1. The van der Waals surface area contributed by atoms with Gasteiger partial charge in [0.15, 0.2) is 0 Å². The molecule has 2 heterocycles. The Bertz CT molecular complexity index is 637. The SMILES string of the molecule is CCc1cc2c(SCC(=O)NCC(C)C)nc(C)nc2s1. The summed E-state index contributed by atoms with van der Waals surface area (Å²) in [6.07, 6.45) is 0.999. The minimum atomic E-state index is 0.0593. The zero-order valence-electron chi connectivity index (χ0n) is 12.9. The van der Waals surface area contributed by atoms with Crippen molar-refractivity contribution in [2.24, 2.45) is 5.92 Å². The van der Waals surface area contributed by atoms with Crippen LogP contribution in [-0.2, 0) is 11.2 Å². The first kappa shape index (κ1) is 16.2. The predicted molar refractivity (Wildman–Crippen MR) is 90.1 cm³/mol. The molecular formula is C15H21N3OS2. The lowest BCUT2D eigenvalue weighted by Crippen LogP contribution is -2.28. The highest BCUT2D eigenvalue weighted by atomic mass is 32.2. The minimum absolute atomic E-state index is 0.0593. The van der Waals surface area contributed by atoms with Crippen LogP contribution in [0.2, 0.25) is 0 Å². The number of hydrogen-bond acceptors (Lipinski definition) is 5. The van der Waals surface area contributed by atoms with E-state index in [1.807, 2.05) is 6.92 Å². The number of fused-ring (bicyclic) bond motifs is 1. The highest BCUT2D eigenvalue weighted by Gasteiger charge is 2.12. The van der Waals surface area contributed by atoms with Gasteiger partial charge in [0.1, 0.15) is 15.7 Å². The van der Waals surface area contributed by atoms with Gasteiger partial charge in [0.2, 0.25) is 5.91 Å². The molecule has 2 aromatic heterocycles. The Balaban J connectivity index is 2.10. The molecule has 6 heteroatoms. The molecule has 0 saturated heterocycles. The van der Waals surface area contributed by atoms with Crippen LogP contribution in [0.3, 0.4) is 0 Å². The quantitative estimate of drug-likeness (QED) is 0.654. The van der Waals surface area contributed by atoms with Crippen molar-refractivity contribution in [1.82, 2.24) is 15.3 Å². The van der Waals surface area contributed by atoms with Crippen LogP contribution in [-0.4, -0.2) is 28.2 Å². The Labute approximate surface area is 133 Å². The van der Waals surface area contributed by atoms with Gasteiger partial charge in [0.25, 0.3) is 0 Å². The number of rotatable bonds is 6. The average molecular weight is 323 g/mol. The van der Waals surface area contributed by atoms with Gasteiger partial charge in [-0.25, -0.2) is 9.97 Å². The van der Waals surface area contributed by atoms with E-state index in [0.717, 1.165) is 34.0 Å². The molecular weight excluding hydrogens is 302 g/mol. The first-order valence-electron chi connectivity index (χ1n) is 7.16. The van der Waals surface area contributed by atoms with Crippen molar-refractivity contribution < 1.29 is 4.79 Å². The van der Waals surface area contributed by atoms with Gasteiger partial charge in [0, 0.05) is 16.8 Å². The lowest BCUT2D eigenvalue weighted by atomic mass is 10.2. The van der Waals surface area contributed by atoms with E-state index in [0.29, 0.717) is 11.7 Å². The molecule has 2 rings (SSSR count). The second-order valence-electron chi connectivity index (χ2n) is 5.35. The van der Waals surface area contributed by atoms with Crippen molar-refractivity contribution in [3.63, 3.8) is 0 Å². The third-order valence-electron chi connectivity index (χ3n) is 2.92. The molecule has 1 N–H and O–H groups in total. The molecule has 0 spiro atoms. The third-order valence-corrected chi connectivity index (χ3v) is 5.08. The largest absolute Gasteiger partial charge is 0.355 e. The molecule has 4 nitrogen and oxygen atoms in total. The maximum absolute atomic E-state index is 11.8. The van der Waals surface area contributed by atoms with Crippen molar-refractivity contribution in [2.75, 3.05) is 12.3 Å². The van der Waals surface area contributed by atoms with Gasteiger partial charge in [0.05, 0.1) is 5.75 Å². The van der Waals surface area contributed by atoms with Crippen LogP contribution in [0.1, 0.15) is 31.5 Å². The monoisotopic (exact) mass is 323 g/mol. The highest BCUT2D eigenvalue weighted by molar-refractivity contribution is 8.00. The Kier molecular flexibility index (Phi) is 5.58. The summed E-state index contributed by atoms with van der Waals surface area (Å²) < 4.78 is 0. The van der Waals surface area contributed by atoms with Crippen LogP contribution in [0.25, 0.3) is 10.2 Å². The van der Waals surface area contributed by atoms with E-state index in [9.17, 15) is 4.79 Å². The molecule has 114 valence electrons. The molecule has 0 aliphatic rings. The summed E-state index contributed by atoms with van der Waals surface area (Å²) in [6.45, 7) is 8.92. The van der Waals surface area contributed by atoms with E-state index in [1.54, 1.807) is 11.3 Å². The first-order chi connectivity index (χ1) is 9.99. The zero-order valence-corrected chi connectivity index (χ0v) is 14.5. The predicted octanol–water partition coefficient (Wildman–Crippen LogP) is 3.43. The molecule has 0 radical (unpaired) electrons. The van der Waals surface area contributed by atoms with Crippen molar-refractivity contribution in [3.05, 3.63) is 16.8 Å². The third kappa shape index (κ3) is 4.41. The fourth-order valence-electron chi connectivity index (χ4n) is 1.83. The van der Waals surface area contributed by atoms with E-state index in [4.69, 9.17) is 0 Å². The van der Waals surface area contributed by atoms with Gasteiger partial charge >= 0.3 is 0 Å². The summed E-state index contributed by atoms with van der Waals surface area (Å²) >= 11 is 3.20. The van der Waals surface area contributed by atoms with E-state index in [-0.39, 0.29) is 5.91 Å². The van der Waals surface area contributed by atoms with Gasteiger partial charge in [-0.1, -0.05) is 32.5 Å². The zero-order chi connectivity index (χ0) is 15.4. The number of carbonyl (C=O) groups excluding carboxylic acids is 1. The molecule has 21 heavy (non-hydrogen) atoms. The van der Waals surface area contributed by atoms with Crippen molar-refractivity contribution in [3.8, 4) is 0 Å². The van der Waals surface area contributed by atoms with Crippen LogP contribution in [0.4, 0.5) is 0 Å². The molecule has 0 aliphatic heterocycles. The molecule has 0 bridgehead atoms. The van der Waals surface area contributed by atoms with Crippen molar-refractivity contribution >= 4 is 39.2 Å². The summed E-state index contributed by atoms with van der Waals surface area (Å²) in [5.74, 6) is 1.69. The molecule has 0 unspecified atom stereocenters. The van der Waals surface area contributed by atoms with Crippen LogP contribution >= 0.6 is 23.1 Å². The number of thiophene rings is 1. The molecule has 1 amide bonds. The number of amides is 1. The highest BCUT2D eigenvalue weighted by Crippen LogP contribution is 2.31. The van der Waals surface area contributed by atoms with E-state index in [2.05, 4.69) is 42.1 Å². The van der Waals surface area contributed by atoms with Gasteiger partial charge in [-0.3, -0.25) is 4.79 Å². The fraction of sp³-hybridized carbons (Fsp3) is 0.533. The Hall–Kier alpha value is -1.14. The first-order valence-corrected chi connectivity index (χ1v) is 8.96. The molecule has 2 aromatic rings.